The van der Waals surface area contributed by atoms with Gasteiger partial charge in [-0.15, -0.1) is 0 Å². The molecule has 1 rings (SSSR count). The molecular weight excluding hydrogens is 253 g/mol. The molecular formula is C4H10Cl2N2Pd. The molecule has 0 aromatic rings. The Morgan fingerprint density at radius 2 is 1.89 bits per heavy atom. The molecule has 0 radical (unpaired) electrons. The fraction of sp³-hybridized carbons (Fsp3) is 1.00. The fourth-order valence-electron chi connectivity index (χ4n) is 0.477. The number of halogens is 2. The number of hydrogen-bond donors (Lipinski definition) is 1. The number of hydrogen-bond acceptors (Lipinski definition) is 2. The van der Waals surface area contributed by atoms with Crippen LogP contribution in [-0.2, 0) is 15.9 Å². The summed E-state index contributed by atoms with van der Waals surface area (Å²) in [6, 6.07) is 0. The Bertz CT molecular complexity index is 60.5. The number of nitrogens with two attached hydrogens (primary N) is 1. The van der Waals surface area contributed by atoms with E-state index in [2.05, 4.69) is 4.90 Å². The summed E-state index contributed by atoms with van der Waals surface area (Å²) < 4.78 is 0. The van der Waals surface area contributed by atoms with Crippen molar-refractivity contribution in [3.63, 3.8) is 0 Å². The van der Waals surface area contributed by atoms with Crippen LogP contribution in [0.3, 0.4) is 0 Å². The van der Waals surface area contributed by atoms with Crippen LogP contribution < -0.4 is 5.73 Å². The van der Waals surface area contributed by atoms with Crippen molar-refractivity contribution in [1.82, 2.24) is 4.90 Å². The number of rotatable bonds is 2. The van der Waals surface area contributed by atoms with Crippen LogP contribution in [0.2, 0.25) is 0 Å². The van der Waals surface area contributed by atoms with E-state index >= 15 is 0 Å². The summed E-state index contributed by atoms with van der Waals surface area (Å²) >= 11 is -0.106. The summed E-state index contributed by atoms with van der Waals surface area (Å²) in [5, 5.41) is 0. The molecule has 0 amide bonds. The van der Waals surface area contributed by atoms with Gasteiger partial charge in [-0.3, -0.25) is 4.90 Å². The van der Waals surface area contributed by atoms with E-state index in [1.165, 1.54) is 13.1 Å². The van der Waals surface area contributed by atoms with Gasteiger partial charge in [0.2, 0.25) is 0 Å². The summed E-state index contributed by atoms with van der Waals surface area (Å²) in [5.41, 5.74) is 5.23. The van der Waals surface area contributed by atoms with Crippen LogP contribution in [-0.4, -0.2) is 31.1 Å². The Morgan fingerprint density at radius 3 is 2.00 bits per heavy atom. The van der Waals surface area contributed by atoms with E-state index in [0.717, 1.165) is 13.1 Å². The molecule has 0 saturated carbocycles. The van der Waals surface area contributed by atoms with Gasteiger partial charge in [0.05, 0.1) is 0 Å². The molecule has 0 spiro atoms. The van der Waals surface area contributed by atoms with Crippen LogP contribution in [0.4, 0.5) is 0 Å². The summed E-state index contributed by atoms with van der Waals surface area (Å²) in [6.07, 6.45) is 0. The van der Waals surface area contributed by atoms with Crippen LogP contribution in [0.1, 0.15) is 0 Å². The van der Waals surface area contributed by atoms with E-state index in [1.807, 2.05) is 0 Å². The molecule has 1 aliphatic heterocycles. The molecule has 0 aliphatic carbocycles. The maximum absolute atomic E-state index is 5.23. The van der Waals surface area contributed by atoms with Crippen molar-refractivity contribution in [3.05, 3.63) is 0 Å². The molecule has 60 valence electrons. The average molecular weight is 263 g/mol. The van der Waals surface area contributed by atoms with Crippen molar-refractivity contribution in [3.8, 4) is 0 Å². The summed E-state index contributed by atoms with van der Waals surface area (Å²) in [5.74, 6) is 0. The molecule has 0 unspecified atom stereocenters. The van der Waals surface area contributed by atoms with Gasteiger partial charge in [0.25, 0.3) is 0 Å². The van der Waals surface area contributed by atoms with Crippen molar-refractivity contribution >= 4 is 19.1 Å². The third kappa shape index (κ3) is 9.16. The predicted octanol–water partition coefficient (Wildman–Crippen LogP) is 0.637. The first-order chi connectivity index (χ1) is 4.35. The monoisotopic (exact) mass is 262 g/mol. The van der Waals surface area contributed by atoms with Gasteiger partial charge in [0.1, 0.15) is 0 Å². The third-order valence-corrected chi connectivity index (χ3v) is 0.985. The van der Waals surface area contributed by atoms with Gasteiger partial charge in [-0.2, -0.15) is 0 Å². The van der Waals surface area contributed by atoms with E-state index in [4.69, 9.17) is 24.8 Å². The van der Waals surface area contributed by atoms with Gasteiger partial charge in [-0.25, -0.2) is 0 Å². The zero-order chi connectivity index (χ0) is 7.11. The number of nitrogens with zero attached hydrogens (tertiary/aromatic N) is 1. The van der Waals surface area contributed by atoms with Crippen molar-refractivity contribution in [1.29, 1.82) is 0 Å². The van der Waals surface area contributed by atoms with Gasteiger partial charge in [0.15, 0.2) is 0 Å². The van der Waals surface area contributed by atoms with E-state index in [-0.39, 0.29) is 15.9 Å². The Hall–Kier alpha value is 1.16. The van der Waals surface area contributed by atoms with Gasteiger partial charge in [0, 0.05) is 26.2 Å². The molecule has 0 aromatic heterocycles. The van der Waals surface area contributed by atoms with Crippen molar-refractivity contribution in [2.24, 2.45) is 5.73 Å². The first-order valence-electron chi connectivity index (χ1n) is 2.60. The topological polar surface area (TPSA) is 29.0 Å². The van der Waals surface area contributed by atoms with Gasteiger partial charge >= 0.3 is 35.0 Å². The minimum atomic E-state index is -0.106. The van der Waals surface area contributed by atoms with Crippen molar-refractivity contribution < 1.29 is 15.9 Å². The van der Waals surface area contributed by atoms with Gasteiger partial charge in [-0.05, 0) is 0 Å². The van der Waals surface area contributed by atoms with Crippen molar-refractivity contribution in [2.75, 3.05) is 26.2 Å². The Morgan fingerprint density at radius 1 is 1.44 bits per heavy atom. The first-order valence-corrected chi connectivity index (χ1v) is 6.60. The molecule has 5 heteroatoms. The molecule has 1 aliphatic rings. The zero-order valence-electron chi connectivity index (χ0n) is 4.93. The summed E-state index contributed by atoms with van der Waals surface area (Å²) in [7, 11) is 9.63. The van der Waals surface area contributed by atoms with E-state index < -0.39 is 0 Å². The molecule has 0 bridgehead atoms. The molecule has 2 N–H and O–H groups in total. The molecule has 0 atom stereocenters. The van der Waals surface area contributed by atoms with Gasteiger partial charge in [-0.1, -0.05) is 0 Å². The van der Waals surface area contributed by atoms with Crippen LogP contribution in [0, 0.1) is 0 Å². The molecule has 0 aromatic carbocycles. The fourth-order valence-corrected chi connectivity index (χ4v) is 0.477. The SMILES string of the molecule is NCCN1CC1.[Cl][Pd][Cl]. The van der Waals surface area contributed by atoms with E-state index in [9.17, 15) is 0 Å². The third-order valence-electron chi connectivity index (χ3n) is 0.985. The molecule has 9 heavy (non-hydrogen) atoms. The summed E-state index contributed by atoms with van der Waals surface area (Å²) in [4.78, 5) is 2.31. The van der Waals surface area contributed by atoms with E-state index in [1.54, 1.807) is 0 Å². The van der Waals surface area contributed by atoms with Gasteiger partial charge < -0.3 is 5.73 Å². The maximum atomic E-state index is 5.23. The van der Waals surface area contributed by atoms with E-state index in [0.29, 0.717) is 0 Å². The Kier molecular flexibility index (Phi) is 8.21. The standard InChI is InChI=1S/C4H10N2.2ClH.Pd/c5-1-2-6-3-4-6;;;/h1-5H2;2*1H;/q;;;+2/p-2. The molecule has 1 saturated heterocycles. The molecule has 2 nitrogen and oxygen atoms in total. The Balaban J connectivity index is 0.000000187. The zero-order valence-corrected chi connectivity index (χ0v) is 7.99. The molecule has 1 fully saturated rings. The summed E-state index contributed by atoms with van der Waals surface area (Å²) in [6.45, 7) is 4.47. The van der Waals surface area contributed by atoms with Crippen LogP contribution >= 0.6 is 19.1 Å². The second-order valence-corrected chi connectivity index (χ2v) is 4.04. The minimum absolute atomic E-state index is 0.106. The second-order valence-electron chi connectivity index (χ2n) is 1.68. The predicted molar refractivity (Wildman–Crippen MR) is 37.2 cm³/mol. The first kappa shape index (κ1) is 10.2. The Labute approximate surface area is 71.8 Å². The average Bonchev–Trinajstić information content (AvgIpc) is 2.53. The van der Waals surface area contributed by atoms with Crippen LogP contribution in [0.5, 0.6) is 0 Å². The second kappa shape index (κ2) is 7.27. The quantitative estimate of drug-likeness (QED) is 0.585. The normalized spacial score (nSPS) is 16.8. The molecule has 1 heterocycles. The van der Waals surface area contributed by atoms with Crippen LogP contribution in [0.25, 0.3) is 0 Å². The van der Waals surface area contributed by atoms with Crippen molar-refractivity contribution in [2.45, 2.75) is 0 Å². The van der Waals surface area contributed by atoms with Crippen LogP contribution in [0.15, 0.2) is 0 Å².